The Morgan fingerprint density at radius 1 is 0.878 bits per heavy atom. The van der Waals surface area contributed by atoms with E-state index in [1.54, 1.807) is 11.9 Å². The highest BCUT2D eigenvalue weighted by Gasteiger charge is 2.37. The van der Waals surface area contributed by atoms with Crippen LogP contribution in [0.15, 0.2) is 24.3 Å². The maximum Gasteiger partial charge on any atom is 0.416 e. The van der Waals surface area contributed by atoms with Gasteiger partial charge in [-0.25, -0.2) is 4.98 Å². The highest BCUT2D eigenvalue weighted by atomic mass is 19.4. The maximum atomic E-state index is 13.6. The van der Waals surface area contributed by atoms with Crippen molar-refractivity contribution in [1.29, 1.82) is 0 Å². The van der Waals surface area contributed by atoms with Crippen LogP contribution in [-0.4, -0.2) is 38.3 Å². The molecule has 2 aliphatic carbocycles. The Bertz CT molecular complexity index is 1330. The molecule has 0 bridgehead atoms. The molecule has 1 fully saturated rings. The van der Waals surface area contributed by atoms with E-state index in [0.717, 1.165) is 80.0 Å². The lowest BCUT2D eigenvalue weighted by atomic mass is 10.0. The Morgan fingerprint density at radius 2 is 1.56 bits per heavy atom. The van der Waals surface area contributed by atoms with Gasteiger partial charge in [0, 0.05) is 37.4 Å². The lowest BCUT2D eigenvalue weighted by Gasteiger charge is -2.30. The van der Waals surface area contributed by atoms with Gasteiger partial charge in [0.25, 0.3) is 5.95 Å². The Hall–Kier alpha value is -3.38. The Balaban J connectivity index is 1.54. The summed E-state index contributed by atoms with van der Waals surface area (Å²) in [6.07, 6.45) is -2.42. The second-order valence-corrected chi connectivity index (χ2v) is 11.0. The topological polar surface area (TPSA) is 63.0 Å². The van der Waals surface area contributed by atoms with Crippen LogP contribution in [0.2, 0.25) is 0 Å². The highest BCUT2D eigenvalue weighted by Crippen LogP contribution is 2.37. The summed E-state index contributed by atoms with van der Waals surface area (Å²) in [6, 6.07) is 3.72. The number of aromatic nitrogens is 5. The summed E-state index contributed by atoms with van der Waals surface area (Å²) < 4.78 is 81.5. The van der Waals surface area contributed by atoms with E-state index in [4.69, 9.17) is 4.98 Å². The summed E-state index contributed by atoms with van der Waals surface area (Å²) in [7, 11) is 1.55. The number of pyridine rings is 1. The molecule has 2 aliphatic rings. The van der Waals surface area contributed by atoms with E-state index in [9.17, 15) is 26.3 Å². The van der Waals surface area contributed by atoms with Crippen molar-refractivity contribution in [2.45, 2.75) is 77.3 Å². The van der Waals surface area contributed by atoms with Crippen molar-refractivity contribution in [2.24, 2.45) is 13.0 Å². The molecule has 0 saturated heterocycles. The van der Waals surface area contributed by atoms with Crippen molar-refractivity contribution >= 4 is 11.8 Å². The fourth-order valence-electron chi connectivity index (χ4n) is 5.90. The SMILES string of the molecule is CCN(CC1CCCC1)c1nc2c(cc1CN(Cc1cc(C(F)(F)F)cc(C(F)(F)F)c1)c1nnn(C)n1)CCC2. The molecular formula is C28H33F6N7. The minimum atomic E-state index is -4.94. The molecule has 0 aliphatic heterocycles. The van der Waals surface area contributed by atoms with Gasteiger partial charge in [0.15, 0.2) is 0 Å². The highest BCUT2D eigenvalue weighted by molar-refractivity contribution is 5.53. The van der Waals surface area contributed by atoms with Gasteiger partial charge in [-0.05, 0) is 85.6 Å². The summed E-state index contributed by atoms with van der Waals surface area (Å²) in [4.78, 5) is 10.1. The van der Waals surface area contributed by atoms with E-state index >= 15 is 0 Å². The van der Waals surface area contributed by atoms with Crippen LogP contribution in [-0.2, 0) is 45.3 Å². The van der Waals surface area contributed by atoms with Crippen molar-refractivity contribution < 1.29 is 26.3 Å². The molecule has 0 atom stereocenters. The average molecular weight is 582 g/mol. The van der Waals surface area contributed by atoms with Crippen LogP contribution in [0.3, 0.4) is 0 Å². The van der Waals surface area contributed by atoms with Gasteiger partial charge in [-0.15, -0.1) is 5.10 Å². The number of rotatable bonds is 9. The normalized spacial score (nSPS) is 15.9. The van der Waals surface area contributed by atoms with Crippen molar-refractivity contribution in [3.63, 3.8) is 0 Å². The molecule has 0 amide bonds. The minimum Gasteiger partial charge on any atom is -0.356 e. The number of hydrogen-bond acceptors (Lipinski definition) is 6. The zero-order chi connectivity index (χ0) is 29.4. The van der Waals surface area contributed by atoms with Gasteiger partial charge in [0.1, 0.15) is 5.82 Å². The number of halogens is 6. The lowest BCUT2D eigenvalue weighted by molar-refractivity contribution is -0.143. The summed E-state index contributed by atoms with van der Waals surface area (Å²) in [5, 5.41) is 12.2. The third-order valence-electron chi connectivity index (χ3n) is 7.90. The Kier molecular flexibility index (Phi) is 8.15. The first kappa shape index (κ1) is 29.1. The number of aryl methyl sites for hydroxylation is 3. The van der Waals surface area contributed by atoms with Crippen LogP contribution in [0.1, 0.15) is 72.5 Å². The number of hydrogen-bond donors (Lipinski definition) is 0. The van der Waals surface area contributed by atoms with Crippen LogP contribution >= 0.6 is 0 Å². The van der Waals surface area contributed by atoms with Gasteiger partial charge in [-0.1, -0.05) is 17.9 Å². The van der Waals surface area contributed by atoms with Crippen LogP contribution in [0, 0.1) is 5.92 Å². The van der Waals surface area contributed by atoms with E-state index in [0.29, 0.717) is 5.92 Å². The number of tetrazole rings is 1. The van der Waals surface area contributed by atoms with E-state index in [1.807, 2.05) is 0 Å². The molecule has 1 saturated carbocycles. The molecule has 2 aromatic heterocycles. The number of anilines is 2. The van der Waals surface area contributed by atoms with Gasteiger partial charge >= 0.3 is 12.4 Å². The van der Waals surface area contributed by atoms with Crippen molar-refractivity contribution in [3.8, 4) is 0 Å². The largest absolute Gasteiger partial charge is 0.416 e. The molecule has 7 nitrogen and oxygen atoms in total. The summed E-state index contributed by atoms with van der Waals surface area (Å²) in [5.74, 6) is 1.46. The molecule has 0 radical (unpaired) electrons. The maximum absolute atomic E-state index is 13.6. The zero-order valence-electron chi connectivity index (χ0n) is 23.1. The van der Waals surface area contributed by atoms with Gasteiger partial charge < -0.3 is 9.80 Å². The van der Waals surface area contributed by atoms with Crippen molar-refractivity contribution in [3.05, 3.63) is 57.8 Å². The third kappa shape index (κ3) is 6.75. The van der Waals surface area contributed by atoms with Gasteiger partial charge in [0.2, 0.25) is 0 Å². The van der Waals surface area contributed by atoms with E-state index in [2.05, 4.69) is 33.3 Å². The van der Waals surface area contributed by atoms with Crippen LogP contribution in [0.5, 0.6) is 0 Å². The molecule has 0 N–H and O–H groups in total. The average Bonchev–Trinajstić information content (AvgIpc) is 3.67. The molecule has 222 valence electrons. The molecule has 41 heavy (non-hydrogen) atoms. The van der Waals surface area contributed by atoms with Gasteiger partial charge in [-0.3, -0.25) is 0 Å². The molecule has 3 aromatic rings. The molecular weight excluding hydrogens is 548 g/mol. The molecule has 1 aromatic carbocycles. The number of fused-ring (bicyclic) bond motifs is 1. The lowest BCUT2D eigenvalue weighted by Crippen LogP contribution is -2.32. The monoisotopic (exact) mass is 581 g/mol. The fraction of sp³-hybridized carbons (Fsp3) is 0.571. The molecule has 13 heteroatoms. The first-order valence-corrected chi connectivity index (χ1v) is 13.9. The smallest absolute Gasteiger partial charge is 0.356 e. The molecule has 0 unspecified atom stereocenters. The van der Waals surface area contributed by atoms with Crippen LogP contribution < -0.4 is 9.80 Å². The number of alkyl halides is 6. The fourth-order valence-corrected chi connectivity index (χ4v) is 5.90. The predicted molar refractivity (Wildman–Crippen MR) is 141 cm³/mol. The quantitative estimate of drug-likeness (QED) is 0.274. The summed E-state index contributed by atoms with van der Waals surface area (Å²) in [5.41, 5.74) is 0.122. The second-order valence-electron chi connectivity index (χ2n) is 11.0. The van der Waals surface area contributed by atoms with Crippen molar-refractivity contribution in [1.82, 2.24) is 25.2 Å². The molecule has 2 heterocycles. The van der Waals surface area contributed by atoms with Gasteiger partial charge in [0.05, 0.1) is 18.2 Å². The Labute approximate surface area is 234 Å². The third-order valence-corrected chi connectivity index (χ3v) is 7.90. The molecule has 0 spiro atoms. The standard InChI is InChI=1S/C28H33F6N7/c1-3-40(15-18-7-4-5-8-18)25-21(13-20-9-6-10-24(20)35-25)17-41(26-36-38-39(2)37-26)16-19-11-22(27(29,30)31)14-23(12-19)28(32,33)34/h11-14,18H,3-10,15-17H2,1-2H3. The first-order chi connectivity index (χ1) is 19.4. The van der Waals surface area contributed by atoms with Crippen molar-refractivity contribution in [2.75, 3.05) is 22.9 Å². The molecule has 5 rings (SSSR count). The van der Waals surface area contributed by atoms with E-state index in [1.165, 1.54) is 17.6 Å². The van der Waals surface area contributed by atoms with Crippen LogP contribution in [0.25, 0.3) is 0 Å². The number of benzene rings is 1. The first-order valence-electron chi connectivity index (χ1n) is 13.9. The minimum absolute atomic E-state index is 0.101. The number of nitrogens with zero attached hydrogens (tertiary/aromatic N) is 7. The Morgan fingerprint density at radius 3 is 2.15 bits per heavy atom. The van der Waals surface area contributed by atoms with E-state index < -0.39 is 23.5 Å². The van der Waals surface area contributed by atoms with Gasteiger partial charge in [-0.2, -0.15) is 31.1 Å². The van der Waals surface area contributed by atoms with E-state index in [-0.39, 0.29) is 30.7 Å². The zero-order valence-corrected chi connectivity index (χ0v) is 23.1. The summed E-state index contributed by atoms with van der Waals surface area (Å²) in [6.45, 7) is 3.49. The predicted octanol–water partition coefficient (Wildman–Crippen LogP) is 6.35. The second kappa shape index (κ2) is 11.5. The summed E-state index contributed by atoms with van der Waals surface area (Å²) >= 11 is 0. The van der Waals surface area contributed by atoms with Crippen LogP contribution in [0.4, 0.5) is 38.1 Å².